The Balaban J connectivity index is 2.63. The lowest BCUT2D eigenvalue weighted by atomic mass is 9.86. The van der Waals surface area contributed by atoms with Gasteiger partial charge in [0.25, 0.3) is 0 Å². The van der Waals surface area contributed by atoms with E-state index in [9.17, 15) is 9.59 Å². The number of nitrogens with two attached hydrogens (primary N) is 1. The molecule has 3 amide bonds. The first-order valence-corrected chi connectivity index (χ1v) is 6.44. The molecule has 0 aromatic carbocycles. The fraction of sp³-hybridized carbons (Fsp3) is 0.833. The number of nitrogens with one attached hydrogen (secondary N) is 1. The van der Waals surface area contributed by atoms with Crippen LogP contribution in [0.1, 0.15) is 26.2 Å². The van der Waals surface area contributed by atoms with Crippen molar-refractivity contribution in [2.75, 3.05) is 33.7 Å². The maximum absolute atomic E-state index is 11.8. The molecule has 104 valence electrons. The average Bonchev–Trinajstić information content (AvgIpc) is 2.35. The highest BCUT2D eigenvalue weighted by molar-refractivity contribution is 5.85. The molecule has 1 aliphatic heterocycles. The van der Waals surface area contributed by atoms with Crippen LogP contribution in [0, 0.1) is 0 Å². The summed E-state index contributed by atoms with van der Waals surface area (Å²) in [6.45, 7) is 3.95. The van der Waals surface area contributed by atoms with Crippen LogP contribution < -0.4 is 11.1 Å². The first kappa shape index (κ1) is 14.8. The molecule has 1 rings (SSSR count). The van der Waals surface area contributed by atoms with Crippen LogP contribution in [0.4, 0.5) is 4.79 Å². The predicted octanol–water partition coefficient (Wildman–Crippen LogP) is -0.0125. The number of amides is 3. The molecule has 6 heteroatoms. The molecule has 0 unspecified atom stereocenters. The summed E-state index contributed by atoms with van der Waals surface area (Å²) >= 11 is 0. The van der Waals surface area contributed by atoms with E-state index in [0.717, 1.165) is 13.0 Å². The quantitative estimate of drug-likeness (QED) is 0.742. The summed E-state index contributed by atoms with van der Waals surface area (Å²) in [5.74, 6) is -0.312. The van der Waals surface area contributed by atoms with E-state index in [4.69, 9.17) is 5.73 Å². The summed E-state index contributed by atoms with van der Waals surface area (Å²) in [4.78, 5) is 26.8. The topological polar surface area (TPSA) is 78.7 Å². The second kappa shape index (κ2) is 6.04. The van der Waals surface area contributed by atoms with E-state index in [1.165, 1.54) is 0 Å². The van der Waals surface area contributed by atoms with Crippen molar-refractivity contribution in [1.29, 1.82) is 0 Å². The zero-order valence-corrected chi connectivity index (χ0v) is 11.5. The van der Waals surface area contributed by atoms with Gasteiger partial charge in [-0.15, -0.1) is 0 Å². The molecule has 0 aliphatic carbocycles. The predicted molar refractivity (Wildman–Crippen MR) is 70.1 cm³/mol. The van der Waals surface area contributed by atoms with Crippen molar-refractivity contribution in [2.24, 2.45) is 5.73 Å². The molecule has 0 bridgehead atoms. The summed E-state index contributed by atoms with van der Waals surface area (Å²) in [7, 11) is 3.46. The Morgan fingerprint density at radius 3 is 2.28 bits per heavy atom. The number of hydrogen-bond donors (Lipinski definition) is 2. The van der Waals surface area contributed by atoms with E-state index in [1.54, 1.807) is 23.9 Å². The van der Waals surface area contributed by atoms with Crippen LogP contribution in [-0.2, 0) is 4.79 Å². The molecule has 1 heterocycles. The van der Waals surface area contributed by atoms with Crippen molar-refractivity contribution in [1.82, 2.24) is 15.1 Å². The summed E-state index contributed by atoms with van der Waals surface area (Å²) in [5.41, 5.74) is 4.87. The Labute approximate surface area is 108 Å². The zero-order valence-electron chi connectivity index (χ0n) is 11.5. The number of piperidine rings is 1. The molecule has 6 nitrogen and oxygen atoms in total. The van der Waals surface area contributed by atoms with Gasteiger partial charge in [-0.3, -0.25) is 4.79 Å². The Morgan fingerprint density at radius 2 is 1.89 bits per heavy atom. The number of likely N-dealkylation sites (tertiary alicyclic amines) is 1. The summed E-state index contributed by atoms with van der Waals surface area (Å²) < 4.78 is 0. The number of carbonyl (C=O) groups is 2. The number of hydrogen-bond acceptors (Lipinski definition) is 3. The maximum atomic E-state index is 11.8. The van der Waals surface area contributed by atoms with Crippen LogP contribution in [-0.4, -0.2) is 61.0 Å². The lowest BCUT2D eigenvalue weighted by molar-refractivity contribution is -0.126. The zero-order chi connectivity index (χ0) is 13.8. The van der Waals surface area contributed by atoms with E-state index in [0.29, 0.717) is 25.9 Å². The number of nitrogens with zero attached hydrogens (tertiary/aromatic N) is 2. The van der Waals surface area contributed by atoms with E-state index >= 15 is 0 Å². The maximum Gasteiger partial charge on any atom is 0.319 e. The van der Waals surface area contributed by atoms with Crippen molar-refractivity contribution < 1.29 is 9.59 Å². The molecule has 3 N–H and O–H groups in total. The molecule has 0 atom stereocenters. The molecule has 1 aliphatic rings. The van der Waals surface area contributed by atoms with Crippen LogP contribution in [0.3, 0.4) is 0 Å². The average molecular weight is 256 g/mol. The molecule has 0 aromatic heterocycles. The van der Waals surface area contributed by atoms with Crippen molar-refractivity contribution in [3.8, 4) is 0 Å². The van der Waals surface area contributed by atoms with E-state index in [-0.39, 0.29) is 11.9 Å². The Bertz CT molecular complexity index is 309. The Morgan fingerprint density at radius 1 is 1.33 bits per heavy atom. The molecule has 18 heavy (non-hydrogen) atoms. The van der Waals surface area contributed by atoms with Gasteiger partial charge in [0, 0.05) is 27.2 Å². The molecule has 0 radical (unpaired) electrons. The van der Waals surface area contributed by atoms with E-state index in [2.05, 4.69) is 5.32 Å². The van der Waals surface area contributed by atoms with Gasteiger partial charge in [-0.2, -0.15) is 0 Å². The van der Waals surface area contributed by atoms with E-state index < -0.39 is 5.54 Å². The highest BCUT2D eigenvalue weighted by Crippen LogP contribution is 2.22. The van der Waals surface area contributed by atoms with Crippen molar-refractivity contribution in [3.05, 3.63) is 0 Å². The van der Waals surface area contributed by atoms with E-state index in [1.807, 2.05) is 6.92 Å². The van der Waals surface area contributed by atoms with Crippen molar-refractivity contribution in [2.45, 2.75) is 31.7 Å². The summed E-state index contributed by atoms with van der Waals surface area (Å²) in [6.07, 6.45) is 2.12. The van der Waals surface area contributed by atoms with Gasteiger partial charge in [0.15, 0.2) is 0 Å². The van der Waals surface area contributed by atoms with Gasteiger partial charge in [0.2, 0.25) is 5.91 Å². The summed E-state index contributed by atoms with van der Waals surface area (Å²) in [6, 6.07) is -0.0106. The van der Waals surface area contributed by atoms with Crippen LogP contribution in [0.25, 0.3) is 0 Å². The molecule has 1 fully saturated rings. The third-order valence-electron chi connectivity index (χ3n) is 3.46. The molecular weight excluding hydrogens is 232 g/mol. The number of urea groups is 1. The fourth-order valence-corrected chi connectivity index (χ4v) is 2.24. The lowest BCUT2D eigenvalue weighted by Gasteiger charge is -2.41. The van der Waals surface area contributed by atoms with Crippen molar-refractivity contribution >= 4 is 11.9 Å². The highest BCUT2D eigenvalue weighted by atomic mass is 16.2. The Hall–Kier alpha value is -1.30. The third kappa shape index (κ3) is 3.13. The third-order valence-corrected chi connectivity index (χ3v) is 3.46. The minimum atomic E-state index is -0.640. The Kier molecular flexibility index (Phi) is 4.95. The van der Waals surface area contributed by atoms with Gasteiger partial charge in [0.05, 0.1) is 0 Å². The molecule has 0 saturated carbocycles. The first-order valence-electron chi connectivity index (χ1n) is 6.44. The second-order valence-electron chi connectivity index (χ2n) is 5.04. The number of carbonyl (C=O) groups excluding carboxylic acids is 2. The second-order valence-corrected chi connectivity index (χ2v) is 5.04. The summed E-state index contributed by atoms with van der Waals surface area (Å²) in [5, 5.41) is 3.25. The monoisotopic (exact) mass is 256 g/mol. The van der Waals surface area contributed by atoms with Crippen LogP contribution in [0.5, 0.6) is 0 Å². The largest absolute Gasteiger partial charge is 0.368 e. The number of primary amides is 1. The molecule has 0 spiro atoms. The molecular formula is C12H24N4O2. The molecule has 1 saturated heterocycles. The lowest BCUT2D eigenvalue weighted by Crippen LogP contribution is -2.62. The van der Waals surface area contributed by atoms with Gasteiger partial charge in [-0.1, -0.05) is 6.92 Å². The van der Waals surface area contributed by atoms with Crippen LogP contribution in [0.2, 0.25) is 0 Å². The van der Waals surface area contributed by atoms with Gasteiger partial charge >= 0.3 is 6.03 Å². The standard InChI is InChI=1S/C12H24N4O2/c1-4-7-14-12(10(13)17)5-8-16(9-6-12)11(18)15(2)3/h14H,4-9H2,1-3H3,(H2,13,17). The smallest absolute Gasteiger partial charge is 0.319 e. The van der Waals surface area contributed by atoms with Crippen LogP contribution >= 0.6 is 0 Å². The van der Waals surface area contributed by atoms with Crippen LogP contribution in [0.15, 0.2) is 0 Å². The molecule has 0 aromatic rings. The number of rotatable bonds is 4. The van der Waals surface area contributed by atoms with Gasteiger partial charge < -0.3 is 20.9 Å². The van der Waals surface area contributed by atoms with Gasteiger partial charge in [-0.25, -0.2) is 4.79 Å². The minimum Gasteiger partial charge on any atom is -0.368 e. The first-order chi connectivity index (χ1) is 8.43. The fourth-order valence-electron chi connectivity index (χ4n) is 2.24. The normalized spacial score (nSPS) is 18.5. The van der Waals surface area contributed by atoms with Crippen molar-refractivity contribution in [3.63, 3.8) is 0 Å². The van der Waals surface area contributed by atoms with Gasteiger partial charge in [-0.05, 0) is 25.8 Å². The van der Waals surface area contributed by atoms with Gasteiger partial charge in [0.1, 0.15) is 5.54 Å². The SMILES string of the molecule is CCCNC1(C(N)=O)CCN(C(=O)N(C)C)CC1. The minimum absolute atomic E-state index is 0.0106. The highest BCUT2D eigenvalue weighted by Gasteiger charge is 2.40.